The quantitative estimate of drug-likeness (QED) is 0.488. The maximum atomic E-state index is 6.32. The fourth-order valence-electron chi connectivity index (χ4n) is 4.59. The number of nitrogens with one attached hydrogen (secondary N) is 2. The molecule has 7 nitrogen and oxygen atoms in total. The number of H-pyrrole nitrogens is 1. The van der Waals surface area contributed by atoms with Crippen LogP contribution in [-0.2, 0) is 6.42 Å². The number of fused-ring (bicyclic) bond motifs is 3. The van der Waals surface area contributed by atoms with Crippen LogP contribution in [0.2, 0.25) is 5.02 Å². The third kappa shape index (κ3) is 3.47. The third-order valence-electron chi connectivity index (χ3n) is 6.30. The van der Waals surface area contributed by atoms with Crippen molar-refractivity contribution >= 4 is 11.6 Å². The van der Waals surface area contributed by atoms with E-state index in [1.54, 1.807) is 4.68 Å². The highest BCUT2D eigenvalue weighted by molar-refractivity contribution is 6.33. The molecule has 2 aromatic heterocycles. The van der Waals surface area contributed by atoms with Crippen molar-refractivity contribution in [2.24, 2.45) is 0 Å². The lowest BCUT2D eigenvalue weighted by Gasteiger charge is -2.23. The summed E-state index contributed by atoms with van der Waals surface area (Å²) in [6, 6.07) is 14.2. The van der Waals surface area contributed by atoms with Crippen molar-refractivity contribution in [3.63, 3.8) is 0 Å². The van der Waals surface area contributed by atoms with E-state index in [2.05, 4.69) is 38.7 Å². The van der Waals surface area contributed by atoms with Crippen molar-refractivity contribution in [2.75, 3.05) is 19.7 Å². The molecule has 2 N–H and O–H groups in total. The predicted octanol–water partition coefficient (Wildman–Crippen LogP) is 4.38. The van der Waals surface area contributed by atoms with Crippen LogP contribution >= 0.6 is 11.6 Å². The minimum atomic E-state index is 0.491. The molecular weight excluding hydrogens is 424 g/mol. The van der Waals surface area contributed by atoms with Gasteiger partial charge in [0.05, 0.1) is 17.3 Å². The van der Waals surface area contributed by atoms with E-state index in [9.17, 15) is 0 Å². The Hall–Kier alpha value is -3.16. The van der Waals surface area contributed by atoms with E-state index >= 15 is 0 Å². The highest BCUT2D eigenvalue weighted by Crippen LogP contribution is 2.38. The molecule has 1 saturated heterocycles. The third-order valence-corrected chi connectivity index (χ3v) is 6.63. The summed E-state index contributed by atoms with van der Waals surface area (Å²) in [5.41, 5.74) is 5.30. The molecule has 2 aliphatic rings. The lowest BCUT2D eigenvalue weighted by atomic mass is 9.88. The van der Waals surface area contributed by atoms with Gasteiger partial charge in [0.2, 0.25) is 0 Å². The van der Waals surface area contributed by atoms with Crippen LogP contribution in [0.25, 0.3) is 28.6 Å². The fraction of sp³-hybridized carbons (Fsp3) is 0.292. The molecule has 6 rings (SSSR count). The topological polar surface area (TPSA) is 80.7 Å². The Kier molecular flexibility index (Phi) is 4.92. The molecule has 2 aromatic carbocycles. The predicted molar refractivity (Wildman–Crippen MR) is 123 cm³/mol. The number of aromatic amines is 1. The number of ether oxygens (including phenoxy) is 1. The number of hydrogen-bond donors (Lipinski definition) is 2. The van der Waals surface area contributed by atoms with Gasteiger partial charge in [-0.2, -0.15) is 10.1 Å². The van der Waals surface area contributed by atoms with E-state index in [-0.39, 0.29) is 0 Å². The summed E-state index contributed by atoms with van der Waals surface area (Å²) in [5.74, 6) is 2.57. The zero-order valence-corrected chi connectivity index (χ0v) is 18.3. The minimum absolute atomic E-state index is 0.491. The molecule has 0 radical (unpaired) electrons. The summed E-state index contributed by atoms with van der Waals surface area (Å²) in [6.45, 7) is 2.75. The zero-order chi connectivity index (χ0) is 21.5. The van der Waals surface area contributed by atoms with Crippen LogP contribution in [0.5, 0.6) is 5.75 Å². The normalized spacial score (nSPS) is 16.2. The van der Waals surface area contributed by atoms with E-state index in [1.807, 2.05) is 30.5 Å². The van der Waals surface area contributed by atoms with Gasteiger partial charge in [-0.25, -0.2) is 4.68 Å². The minimum Gasteiger partial charge on any atom is -0.493 e. The Morgan fingerprint density at radius 2 is 1.94 bits per heavy atom. The molecule has 0 saturated carbocycles. The Bertz CT molecular complexity index is 1270. The Morgan fingerprint density at radius 1 is 1.06 bits per heavy atom. The highest BCUT2D eigenvalue weighted by Gasteiger charge is 2.23. The van der Waals surface area contributed by atoms with Crippen LogP contribution in [-0.4, -0.2) is 44.7 Å². The summed E-state index contributed by atoms with van der Waals surface area (Å²) in [5, 5.41) is 16.3. The molecule has 0 amide bonds. The molecule has 1 fully saturated rings. The van der Waals surface area contributed by atoms with E-state index in [0.29, 0.717) is 29.3 Å². The molecule has 162 valence electrons. The molecule has 0 unspecified atom stereocenters. The first-order chi connectivity index (χ1) is 15.8. The number of aromatic nitrogens is 5. The van der Waals surface area contributed by atoms with Crippen molar-refractivity contribution in [3.05, 3.63) is 64.8 Å². The number of halogens is 1. The van der Waals surface area contributed by atoms with Crippen molar-refractivity contribution in [3.8, 4) is 34.3 Å². The van der Waals surface area contributed by atoms with E-state index in [0.717, 1.165) is 60.5 Å². The van der Waals surface area contributed by atoms with Gasteiger partial charge in [-0.15, -0.1) is 5.10 Å². The molecule has 0 atom stereocenters. The highest BCUT2D eigenvalue weighted by atomic mass is 35.5. The molecule has 4 aromatic rings. The SMILES string of the molecule is Clc1ccccc1-c1nc(-n2cc3c(n2)-c2cc(C4CCNCC4)ccc2OCC3)n[nH]1. The number of piperidine rings is 1. The number of nitrogens with zero attached hydrogens (tertiary/aromatic N) is 4. The maximum absolute atomic E-state index is 6.32. The molecule has 8 heteroatoms. The molecule has 0 bridgehead atoms. The van der Waals surface area contributed by atoms with Gasteiger partial charge in [0.25, 0.3) is 5.95 Å². The van der Waals surface area contributed by atoms with Gasteiger partial charge in [-0.05, 0) is 61.7 Å². The van der Waals surface area contributed by atoms with Crippen molar-refractivity contribution < 1.29 is 4.74 Å². The molecule has 4 heterocycles. The van der Waals surface area contributed by atoms with E-state index in [4.69, 9.17) is 21.4 Å². The monoisotopic (exact) mass is 446 g/mol. The van der Waals surface area contributed by atoms with E-state index < -0.39 is 0 Å². The number of benzene rings is 2. The average Bonchev–Trinajstić information content (AvgIpc) is 3.44. The zero-order valence-electron chi connectivity index (χ0n) is 17.5. The van der Waals surface area contributed by atoms with Crippen molar-refractivity contribution in [1.29, 1.82) is 0 Å². The van der Waals surface area contributed by atoms with Gasteiger partial charge in [0.1, 0.15) is 5.75 Å². The van der Waals surface area contributed by atoms with Gasteiger partial charge in [-0.1, -0.05) is 29.8 Å². The first kappa shape index (κ1) is 19.5. The summed E-state index contributed by atoms with van der Waals surface area (Å²) < 4.78 is 7.78. The van der Waals surface area contributed by atoms with Gasteiger partial charge < -0.3 is 10.1 Å². The molecule has 0 aliphatic carbocycles. The smallest absolute Gasteiger partial charge is 0.269 e. The Labute approximate surface area is 190 Å². The van der Waals surface area contributed by atoms with Gasteiger partial charge in [-0.3, -0.25) is 5.10 Å². The van der Waals surface area contributed by atoms with E-state index in [1.165, 1.54) is 5.56 Å². The summed E-state index contributed by atoms with van der Waals surface area (Å²) in [7, 11) is 0. The van der Waals surface area contributed by atoms with Crippen LogP contribution < -0.4 is 10.1 Å². The van der Waals surface area contributed by atoms with Crippen LogP contribution in [0, 0.1) is 0 Å². The van der Waals surface area contributed by atoms with Gasteiger partial charge in [0.15, 0.2) is 5.82 Å². The number of rotatable bonds is 3. The molecule has 32 heavy (non-hydrogen) atoms. The van der Waals surface area contributed by atoms with Crippen LogP contribution in [0.3, 0.4) is 0 Å². The van der Waals surface area contributed by atoms with Crippen molar-refractivity contribution in [2.45, 2.75) is 25.2 Å². The summed E-state index contributed by atoms with van der Waals surface area (Å²) in [6.07, 6.45) is 5.10. The van der Waals surface area contributed by atoms with Crippen molar-refractivity contribution in [1.82, 2.24) is 30.3 Å². The summed E-state index contributed by atoms with van der Waals surface area (Å²) >= 11 is 6.32. The molecule has 2 aliphatic heterocycles. The maximum Gasteiger partial charge on any atom is 0.269 e. The second-order valence-corrected chi connectivity index (χ2v) is 8.70. The Morgan fingerprint density at radius 3 is 2.81 bits per heavy atom. The lowest BCUT2D eigenvalue weighted by Crippen LogP contribution is -2.26. The van der Waals surface area contributed by atoms with Gasteiger partial charge >= 0.3 is 0 Å². The molecule has 0 spiro atoms. The molecular formula is C24H23ClN6O. The average molecular weight is 447 g/mol. The van der Waals surface area contributed by atoms with Crippen LogP contribution in [0.1, 0.15) is 29.9 Å². The second-order valence-electron chi connectivity index (χ2n) is 8.29. The first-order valence-electron chi connectivity index (χ1n) is 11.0. The fourth-order valence-corrected chi connectivity index (χ4v) is 4.81. The second kappa shape index (κ2) is 8.07. The number of hydrogen-bond acceptors (Lipinski definition) is 5. The summed E-state index contributed by atoms with van der Waals surface area (Å²) in [4.78, 5) is 4.64. The standard InChI is InChI=1S/C24H23ClN6O/c25-20-4-2-1-3-18(20)23-27-24(29-28-23)31-14-17-9-12-32-21-6-5-16(13-19(21)22(17)30-31)15-7-10-26-11-8-15/h1-6,13-15,26H,7-12H2,(H,27,28,29). The van der Waals surface area contributed by atoms with Crippen LogP contribution in [0.4, 0.5) is 0 Å². The van der Waals surface area contributed by atoms with Crippen LogP contribution in [0.15, 0.2) is 48.7 Å². The lowest BCUT2D eigenvalue weighted by molar-refractivity contribution is 0.326. The first-order valence-corrected chi connectivity index (χ1v) is 11.4. The van der Waals surface area contributed by atoms with Gasteiger partial charge in [0, 0.05) is 29.3 Å². The largest absolute Gasteiger partial charge is 0.493 e. The Balaban J connectivity index is 1.38.